The van der Waals surface area contributed by atoms with E-state index in [1.54, 1.807) is 6.20 Å². The zero-order valence-electron chi connectivity index (χ0n) is 18.8. The van der Waals surface area contributed by atoms with E-state index in [4.69, 9.17) is 21.7 Å². The van der Waals surface area contributed by atoms with E-state index in [-0.39, 0.29) is 0 Å². The van der Waals surface area contributed by atoms with Crippen molar-refractivity contribution in [3.8, 4) is 11.5 Å². The Morgan fingerprint density at radius 2 is 1.69 bits per heavy atom. The monoisotopic (exact) mass is 449 g/mol. The standard InChI is InChI=1S/C26H31N3O2S/c1-3-30-24-12-13-25(31-4-2)23(17-24)14-16-28-26(32)29(19-21-9-6-5-7-10-21)20-22-11-8-15-27-18-22/h5-13,15,17-18H,3-4,14,16,19-20H2,1-2H3,(H,28,32). The first kappa shape index (κ1) is 23.5. The van der Waals surface area contributed by atoms with Gasteiger partial charge in [0, 0.05) is 32.0 Å². The van der Waals surface area contributed by atoms with Crippen molar-refractivity contribution in [1.29, 1.82) is 0 Å². The highest BCUT2D eigenvalue weighted by atomic mass is 32.1. The molecule has 0 saturated carbocycles. The molecule has 0 aliphatic heterocycles. The Balaban J connectivity index is 1.66. The predicted molar refractivity (Wildman–Crippen MR) is 133 cm³/mol. The summed E-state index contributed by atoms with van der Waals surface area (Å²) in [6, 6.07) is 20.4. The molecule has 0 aliphatic rings. The zero-order chi connectivity index (χ0) is 22.6. The van der Waals surface area contributed by atoms with Gasteiger partial charge in [0.2, 0.25) is 0 Å². The maximum Gasteiger partial charge on any atom is 0.169 e. The molecule has 0 unspecified atom stereocenters. The molecule has 5 nitrogen and oxygen atoms in total. The van der Waals surface area contributed by atoms with Crippen LogP contribution in [-0.4, -0.2) is 34.8 Å². The van der Waals surface area contributed by atoms with Gasteiger partial charge < -0.3 is 19.7 Å². The molecule has 6 heteroatoms. The fraction of sp³-hybridized carbons (Fsp3) is 0.308. The maximum atomic E-state index is 5.80. The van der Waals surface area contributed by atoms with Gasteiger partial charge in [-0.15, -0.1) is 0 Å². The van der Waals surface area contributed by atoms with Crippen molar-refractivity contribution in [1.82, 2.24) is 15.2 Å². The molecule has 3 aromatic rings. The molecule has 3 rings (SSSR count). The van der Waals surface area contributed by atoms with Gasteiger partial charge in [0.15, 0.2) is 5.11 Å². The lowest BCUT2D eigenvalue weighted by Crippen LogP contribution is -2.39. The number of rotatable bonds is 11. The fourth-order valence-corrected chi connectivity index (χ4v) is 3.67. The second-order valence-electron chi connectivity index (χ2n) is 7.32. The average molecular weight is 450 g/mol. The van der Waals surface area contributed by atoms with Gasteiger partial charge in [0.25, 0.3) is 0 Å². The molecule has 1 heterocycles. The highest BCUT2D eigenvalue weighted by Crippen LogP contribution is 2.25. The van der Waals surface area contributed by atoms with Gasteiger partial charge in [-0.3, -0.25) is 4.98 Å². The van der Waals surface area contributed by atoms with Gasteiger partial charge in [0.05, 0.1) is 13.2 Å². The van der Waals surface area contributed by atoms with Crippen LogP contribution >= 0.6 is 12.2 Å². The van der Waals surface area contributed by atoms with Crippen molar-refractivity contribution >= 4 is 17.3 Å². The number of benzene rings is 2. The first-order valence-corrected chi connectivity index (χ1v) is 11.4. The van der Waals surface area contributed by atoms with Crippen LogP contribution in [0.2, 0.25) is 0 Å². The summed E-state index contributed by atoms with van der Waals surface area (Å²) in [4.78, 5) is 6.41. The number of pyridine rings is 1. The summed E-state index contributed by atoms with van der Waals surface area (Å²) in [6.45, 7) is 7.37. The number of ether oxygens (including phenoxy) is 2. The third-order valence-electron chi connectivity index (χ3n) is 4.91. The van der Waals surface area contributed by atoms with Crippen molar-refractivity contribution in [2.75, 3.05) is 19.8 Å². The molecule has 0 spiro atoms. The van der Waals surface area contributed by atoms with Crippen molar-refractivity contribution in [3.05, 3.63) is 89.7 Å². The molecule has 0 aliphatic carbocycles. The lowest BCUT2D eigenvalue weighted by Gasteiger charge is -2.26. The molecule has 0 fully saturated rings. The number of thiocarbonyl (C=S) groups is 1. The van der Waals surface area contributed by atoms with Crippen LogP contribution in [-0.2, 0) is 19.5 Å². The third kappa shape index (κ3) is 7.24. The van der Waals surface area contributed by atoms with Crippen LogP contribution in [0.4, 0.5) is 0 Å². The van der Waals surface area contributed by atoms with E-state index in [2.05, 4.69) is 51.6 Å². The molecule has 2 aromatic carbocycles. The molecular weight excluding hydrogens is 418 g/mol. The molecule has 0 bridgehead atoms. The van der Waals surface area contributed by atoms with Gasteiger partial charge in [-0.1, -0.05) is 36.4 Å². The first-order valence-electron chi connectivity index (χ1n) is 11.0. The quantitative estimate of drug-likeness (QED) is 0.416. The fourth-order valence-electron chi connectivity index (χ4n) is 3.44. The van der Waals surface area contributed by atoms with Crippen LogP contribution in [0.25, 0.3) is 0 Å². The van der Waals surface area contributed by atoms with Crippen molar-refractivity contribution < 1.29 is 9.47 Å². The molecule has 32 heavy (non-hydrogen) atoms. The summed E-state index contributed by atoms with van der Waals surface area (Å²) in [5.74, 6) is 1.75. The highest BCUT2D eigenvalue weighted by Gasteiger charge is 2.12. The Morgan fingerprint density at radius 1 is 0.938 bits per heavy atom. The summed E-state index contributed by atoms with van der Waals surface area (Å²) < 4.78 is 11.5. The van der Waals surface area contributed by atoms with Crippen molar-refractivity contribution in [2.24, 2.45) is 0 Å². The average Bonchev–Trinajstić information content (AvgIpc) is 2.82. The minimum atomic E-state index is 0.628. The number of aromatic nitrogens is 1. The van der Waals surface area contributed by atoms with Gasteiger partial charge >= 0.3 is 0 Å². The Bertz CT molecular complexity index is 926. The Labute approximate surface area is 196 Å². The SMILES string of the molecule is CCOc1ccc(OCC)c(CCNC(=S)N(Cc2ccccc2)Cc2cccnc2)c1. The van der Waals surface area contributed by atoms with Gasteiger partial charge in [0.1, 0.15) is 11.5 Å². The third-order valence-corrected chi connectivity index (χ3v) is 5.32. The van der Waals surface area contributed by atoms with Crippen molar-refractivity contribution in [2.45, 2.75) is 33.4 Å². The normalized spacial score (nSPS) is 10.4. The van der Waals surface area contributed by atoms with E-state index in [1.165, 1.54) is 5.56 Å². The number of nitrogens with one attached hydrogen (secondary N) is 1. The van der Waals surface area contributed by atoms with E-state index in [1.807, 2.05) is 44.3 Å². The summed E-state index contributed by atoms with van der Waals surface area (Å²) in [6.07, 6.45) is 4.45. The smallest absolute Gasteiger partial charge is 0.169 e. The molecular formula is C26H31N3O2S. The van der Waals surface area contributed by atoms with E-state index in [0.29, 0.717) is 26.3 Å². The molecule has 1 aromatic heterocycles. The van der Waals surface area contributed by atoms with Crippen LogP contribution < -0.4 is 14.8 Å². The molecule has 1 N–H and O–H groups in total. The maximum absolute atomic E-state index is 5.80. The Kier molecular flexibility index (Phi) is 9.32. The van der Waals surface area contributed by atoms with Crippen LogP contribution in [0.3, 0.4) is 0 Å². The Morgan fingerprint density at radius 3 is 2.41 bits per heavy atom. The second kappa shape index (κ2) is 12.7. The van der Waals surface area contributed by atoms with Crippen LogP contribution in [0.1, 0.15) is 30.5 Å². The van der Waals surface area contributed by atoms with Gasteiger partial charge in [-0.25, -0.2) is 0 Å². The molecule has 168 valence electrons. The van der Waals surface area contributed by atoms with Crippen LogP contribution in [0, 0.1) is 0 Å². The van der Waals surface area contributed by atoms with Crippen molar-refractivity contribution in [3.63, 3.8) is 0 Å². The number of nitrogens with zero attached hydrogens (tertiary/aromatic N) is 2. The van der Waals surface area contributed by atoms with E-state index in [9.17, 15) is 0 Å². The van der Waals surface area contributed by atoms with Crippen LogP contribution in [0.15, 0.2) is 73.1 Å². The van der Waals surface area contributed by atoms with E-state index in [0.717, 1.165) is 40.7 Å². The molecule has 0 amide bonds. The summed E-state index contributed by atoms with van der Waals surface area (Å²) in [5, 5.41) is 4.15. The minimum Gasteiger partial charge on any atom is -0.494 e. The summed E-state index contributed by atoms with van der Waals surface area (Å²) in [7, 11) is 0. The highest BCUT2D eigenvalue weighted by molar-refractivity contribution is 7.80. The first-order chi connectivity index (χ1) is 15.7. The Hall–Kier alpha value is -3.12. The summed E-state index contributed by atoms with van der Waals surface area (Å²) in [5.41, 5.74) is 3.44. The molecule has 0 atom stereocenters. The van der Waals surface area contributed by atoms with E-state index >= 15 is 0 Å². The predicted octanol–water partition coefficient (Wildman–Crippen LogP) is 5.00. The lowest BCUT2D eigenvalue weighted by molar-refractivity contribution is 0.327. The topological polar surface area (TPSA) is 46.6 Å². The van der Waals surface area contributed by atoms with Gasteiger partial charge in [-0.05, 0) is 73.4 Å². The minimum absolute atomic E-state index is 0.628. The lowest BCUT2D eigenvalue weighted by atomic mass is 10.1. The van der Waals surface area contributed by atoms with Gasteiger partial charge in [-0.2, -0.15) is 0 Å². The molecule has 0 saturated heterocycles. The van der Waals surface area contributed by atoms with Crippen LogP contribution in [0.5, 0.6) is 11.5 Å². The van der Waals surface area contributed by atoms with E-state index < -0.39 is 0 Å². The summed E-state index contributed by atoms with van der Waals surface area (Å²) >= 11 is 5.78. The number of hydrogen-bond acceptors (Lipinski definition) is 4. The number of hydrogen-bond donors (Lipinski definition) is 1. The second-order valence-corrected chi connectivity index (χ2v) is 7.71. The largest absolute Gasteiger partial charge is 0.494 e. The molecule has 0 radical (unpaired) electrons. The zero-order valence-corrected chi connectivity index (χ0v) is 19.6.